The van der Waals surface area contributed by atoms with Crippen molar-refractivity contribution in [2.45, 2.75) is 354 Å². The second-order valence-corrected chi connectivity index (χ2v) is 22.7. The maximum Gasteiger partial charge on any atom is 0.306 e. The summed E-state index contributed by atoms with van der Waals surface area (Å²) in [6, 6.07) is 0. The lowest BCUT2D eigenvalue weighted by Crippen LogP contribution is -2.30. The highest BCUT2D eigenvalue weighted by atomic mass is 16.6. The van der Waals surface area contributed by atoms with Crippen LogP contribution in [0.25, 0.3) is 0 Å². The van der Waals surface area contributed by atoms with Gasteiger partial charge in [0.05, 0.1) is 0 Å². The number of hydrogen-bond donors (Lipinski definition) is 0. The smallest absolute Gasteiger partial charge is 0.306 e. The molecule has 0 fully saturated rings. The van der Waals surface area contributed by atoms with E-state index in [1.807, 2.05) is 0 Å². The molecule has 1 unspecified atom stereocenters. The predicted octanol–water partition coefficient (Wildman–Crippen LogP) is 23.3. The van der Waals surface area contributed by atoms with E-state index in [2.05, 4.69) is 93.7 Å². The zero-order valence-corrected chi connectivity index (χ0v) is 51.9. The van der Waals surface area contributed by atoms with E-state index in [4.69, 9.17) is 14.2 Å². The van der Waals surface area contributed by atoms with Gasteiger partial charge in [0.1, 0.15) is 13.2 Å². The Morgan fingerprint density at radius 1 is 0.256 bits per heavy atom. The third-order valence-electron chi connectivity index (χ3n) is 14.9. The molecule has 0 aliphatic heterocycles. The number of hydrogen-bond acceptors (Lipinski definition) is 6. The molecule has 0 rings (SSSR count). The molecule has 0 radical (unpaired) electrons. The van der Waals surface area contributed by atoms with Crippen LogP contribution in [0.3, 0.4) is 0 Å². The summed E-state index contributed by atoms with van der Waals surface area (Å²) in [6.45, 7) is 6.64. The van der Waals surface area contributed by atoms with E-state index in [0.29, 0.717) is 19.3 Å². The zero-order valence-electron chi connectivity index (χ0n) is 51.9. The Morgan fingerprint density at radius 2 is 0.462 bits per heavy atom. The predicted molar refractivity (Wildman–Crippen MR) is 339 cm³/mol. The summed E-state index contributed by atoms with van der Waals surface area (Å²) in [5.41, 5.74) is 0. The third-order valence-corrected chi connectivity index (χ3v) is 14.9. The highest BCUT2D eigenvalue weighted by molar-refractivity contribution is 5.71. The van der Waals surface area contributed by atoms with Gasteiger partial charge in [0.25, 0.3) is 0 Å². The first-order valence-corrected chi connectivity index (χ1v) is 33.9. The number of carbonyl (C=O) groups excluding carboxylic acids is 3. The van der Waals surface area contributed by atoms with Crippen LogP contribution >= 0.6 is 0 Å². The van der Waals surface area contributed by atoms with Crippen LogP contribution in [0.15, 0.2) is 72.9 Å². The average molecular weight is 1090 g/mol. The van der Waals surface area contributed by atoms with Crippen LogP contribution in [0.5, 0.6) is 0 Å². The zero-order chi connectivity index (χ0) is 56.4. The molecule has 0 spiro atoms. The summed E-state index contributed by atoms with van der Waals surface area (Å²) in [5.74, 6) is -0.878. The summed E-state index contributed by atoms with van der Waals surface area (Å²) < 4.78 is 17.0. The van der Waals surface area contributed by atoms with Crippen LogP contribution in [0.2, 0.25) is 0 Å². The maximum absolute atomic E-state index is 12.9. The second-order valence-electron chi connectivity index (χ2n) is 22.7. The lowest BCUT2D eigenvalue weighted by Gasteiger charge is -2.18. The summed E-state index contributed by atoms with van der Waals surface area (Å²) in [7, 11) is 0. The van der Waals surface area contributed by atoms with Gasteiger partial charge in [-0.05, 0) is 116 Å². The number of unbranched alkanes of at least 4 members (excludes halogenated alkanes) is 39. The molecule has 0 aliphatic carbocycles. The van der Waals surface area contributed by atoms with Gasteiger partial charge in [0.2, 0.25) is 0 Å². The fraction of sp³-hybridized carbons (Fsp3) is 0.792. The van der Waals surface area contributed by atoms with Gasteiger partial charge >= 0.3 is 17.9 Å². The van der Waals surface area contributed by atoms with E-state index in [0.717, 1.165) is 83.5 Å². The van der Waals surface area contributed by atoms with Crippen LogP contribution in [0, 0.1) is 0 Å². The van der Waals surface area contributed by atoms with Gasteiger partial charge < -0.3 is 14.2 Å². The summed E-state index contributed by atoms with van der Waals surface area (Å²) in [5, 5.41) is 0. The van der Waals surface area contributed by atoms with E-state index >= 15 is 0 Å². The van der Waals surface area contributed by atoms with Crippen molar-refractivity contribution < 1.29 is 28.6 Å². The number of allylic oxidation sites excluding steroid dienone is 12. The molecule has 78 heavy (non-hydrogen) atoms. The first kappa shape index (κ1) is 74.8. The van der Waals surface area contributed by atoms with Gasteiger partial charge in [-0.1, -0.05) is 286 Å². The summed E-state index contributed by atoms with van der Waals surface area (Å²) >= 11 is 0. The largest absolute Gasteiger partial charge is 0.462 e. The summed E-state index contributed by atoms with van der Waals surface area (Å²) in [6.07, 6.45) is 86.2. The molecular formula is C72H128O6. The first-order valence-electron chi connectivity index (χ1n) is 33.9. The van der Waals surface area contributed by atoms with Crippen molar-refractivity contribution in [1.29, 1.82) is 0 Å². The average Bonchev–Trinajstić information content (AvgIpc) is 3.44. The Morgan fingerprint density at radius 3 is 0.756 bits per heavy atom. The molecule has 0 aromatic heterocycles. The fourth-order valence-electron chi connectivity index (χ4n) is 9.77. The monoisotopic (exact) mass is 1090 g/mol. The molecule has 0 saturated carbocycles. The molecule has 452 valence electrons. The highest BCUT2D eigenvalue weighted by Crippen LogP contribution is 2.16. The minimum Gasteiger partial charge on any atom is -0.462 e. The molecule has 6 heteroatoms. The molecular weight excluding hydrogens is 961 g/mol. The van der Waals surface area contributed by atoms with Crippen molar-refractivity contribution in [3.63, 3.8) is 0 Å². The quantitative estimate of drug-likeness (QED) is 0.0261. The Hall–Kier alpha value is -3.15. The maximum atomic E-state index is 12.9. The fourth-order valence-corrected chi connectivity index (χ4v) is 9.77. The second kappa shape index (κ2) is 66.4. The first-order chi connectivity index (χ1) is 38.5. The highest BCUT2D eigenvalue weighted by Gasteiger charge is 2.19. The molecule has 0 heterocycles. The lowest BCUT2D eigenvalue weighted by molar-refractivity contribution is -0.167. The van der Waals surface area contributed by atoms with E-state index < -0.39 is 6.10 Å². The van der Waals surface area contributed by atoms with Gasteiger partial charge in [-0.2, -0.15) is 0 Å². The van der Waals surface area contributed by atoms with Gasteiger partial charge in [0.15, 0.2) is 6.10 Å². The minimum atomic E-state index is -0.785. The van der Waals surface area contributed by atoms with Gasteiger partial charge in [0, 0.05) is 19.3 Å². The number of rotatable bonds is 62. The van der Waals surface area contributed by atoms with Crippen LogP contribution in [0.1, 0.15) is 348 Å². The molecule has 0 N–H and O–H groups in total. The number of ether oxygens (including phenoxy) is 3. The van der Waals surface area contributed by atoms with Crippen molar-refractivity contribution in [2.24, 2.45) is 0 Å². The molecule has 1 atom stereocenters. The molecule has 6 nitrogen and oxygen atoms in total. The molecule has 0 aromatic carbocycles. The van der Waals surface area contributed by atoms with Gasteiger partial charge in [-0.3, -0.25) is 14.4 Å². The number of carbonyl (C=O) groups is 3. The molecule has 0 aliphatic rings. The van der Waals surface area contributed by atoms with E-state index in [1.54, 1.807) is 0 Å². The van der Waals surface area contributed by atoms with Crippen molar-refractivity contribution in [1.82, 2.24) is 0 Å². The summed E-state index contributed by atoms with van der Waals surface area (Å²) in [4.78, 5) is 38.4. The normalized spacial score (nSPS) is 12.5. The molecule has 0 bridgehead atoms. The van der Waals surface area contributed by atoms with Gasteiger partial charge in [-0.15, -0.1) is 0 Å². The topological polar surface area (TPSA) is 78.9 Å². The van der Waals surface area contributed by atoms with E-state index in [-0.39, 0.29) is 31.1 Å². The van der Waals surface area contributed by atoms with Crippen molar-refractivity contribution in [3.05, 3.63) is 72.9 Å². The minimum absolute atomic E-state index is 0.0801. The molecule has 0 aromatic rings. The van der Waals surface area contributed by atoms with Crippen molar-refractivity contribution >= 4 is 17.9 Å². The van der Waals surface area contributed by atoms with Crippen molar-refractivity contribution in [2.75, 3.05) is 13.2 Å². The van der Waals surface area contributed by atoms with Crippen LogP contribution in [-0.4, -0.2) is 37.2 Å². The third kappa shape index (κ3) is 63.7. The van der Waals surface area contributed by atoms with Crippen LogP contribution < -0.4 is 0 Å². The SMILES string of the molecule is CCCCC/C=C\C/C=C\CCCCCCCCCCCC(=O)OC(COC(=O)CCCCCCCCC/C=C\CCCCCCCCC)COC(=O)CCCCCCCCCC/C=C\C/C=C\C/C=C\CCCCCCC. The van der Waals surface area contributed by atoms with E-state index in [9.17, 15) is 14.4 Å². The number of esters is 3. The molecule has 0 amide bonds. The van der Waals surface area contributed by atoms with Crippen molar-refractivity contribution in [3.8, 4) is 0 Å². The Labute approximate surface area is 484 Å². The Balaban J connectivity index is 4.38. The van der Waals surface area contributed by atoms with Crippen LogP contribution in [-0.2, 0) is 28.6 Å². The Bertz CT molecular complexity index is 1440. The molecule has 0 saturated heterocycles. The van der Waals surface area contributed by atoms with Gasteiger partial charge in [-0.25, -0.2) is 0 Å². The Kier molecular flexibility index (Phi) is 63.7. The lowest BCUT2D eigenvalue weighted by atomic mass is 10.1. The standard InChI is InChI=1S/C72H128O6/c1-4-7-10-13-16-19-22-25-28-31-34-35-36-37-39-41-44-47-50-53-56-59-62-65-71(74)77-68-69(67-76-70(73)64-61-58-55-52-49-46-43-40-33-30-27-24-21-18-15-12-9-6-3)78-72(75)66-63-60-57-54-51-48-45-42-38-32-29-26-23-20-17-14-11-8-5-2/h17,20,22,25-26,29-31,33-34,36-37,69H,4-16,18-19,21,23-24,27-28,32,35,38-68H2,1-3H3/b20-17-,25-22-,29-26-,33-30-,34-31-,37-36-. The van der Waals surface area contributed by atoms with E-state index in [1.165, 1.54) is 225 Å². The van der Waals surface area contributed by atoms with Crippen LogP contribution in [0.4, 0.5) is 0 Å².